The van der Waals surface area contributed by atoms with E-state index in [0.717, 1.165) is 5.92 Å². The lowest BCUT2D eigenvalue weighted by Crippen LogP contribution is -2.33. The second-order valence-electron chi connectivity index (χ2n) is 5.39. The smallest absolute Gasteiger partial charge is 0.257 e. The second kappa shape index (κ2) is 6.97. The van der Waals surface area contributed by atoms with Gasteiger partial charge in [0.2, 0.25) is 0 Å². The molecule has 0 aliphatic heterocycles. The molecule has 4 N–H and O–H groups in total. The Morgan fingerprint density at radius 1 is 1.52 bits per heavy atom. The number of ether oxygens (including phenoxy) is 1. The third kappa shape index (κ3) is 4.37. The van der Waals surface area contributed by atoms with Crippen molar-refractivity contribution in [3.8, 4) is 5.75 Å². The van der Waals surface area contributed by atoms with E-state index in [1.54, 1.807) is 24.3 Å². The molecule has 2 rings (SSSR count). The molecule has 21 heavy (non-hydrogen) atoms. The molecule has 1 unspecified atom stereocenters. The highest BCUT2D eigenvalue weighted by molar-refractivity contribution is 5.99. The lowest BCUT2D eigenvalue weighted by atomic mass is 10.1. The van der Waals surface area contributed by atoms with Gasteiger partial charge in [-0.1, -0.05) is 24.2 Å². The molecular formula is C15H21N3O3. The van der Waals surface area contributed by atoms with Crippen LogP contribution in [0.1, 0.15) is 25.3 Å². The molecular weight excluding hydrogens is 270 g/mol. The molecule has 6 heteroatoms. The van der Waals surface area contributed by atoms with Gasteiger partial charge >= 0.3 is 0 Å². The van der Waals surface area contributed by atoms with Crippen LogP contribution in [-0.2, 0) is 4.79 Å². The van der Waals surface area contributed by atoms with E-state index in [2.05, 4.69) is 17.4 Å². The zero-order valence-corrected chi connectivity index (χ0v) is 12.1. The van der Waals surface area contributed by atoms with Crippen LogP contribution in [0.4, 0.5) is 0 Å². The van der Waals surface area contributed by atoms with Crippen molar-refractivity contribution < 1.29 is 14.7 Å². The summed E-state index contributed by atoms with van der Waals surface area (Å²) in [7, 11) is 0. The Kier molecular flexibility index (Phi) is 5.03. The molecule has 1 aliphatic rings. The minimum absolute atomic E-state index is 0.0478. The highest BCUT2D eigenvalue weighted by atomic mass is 16.5. The average Bonchev–Trinajstić information content (AvgIpc) is 3.35. The van der Waals surface area contributed by atoms with E-state index < -0.39 is 0 Å². The highest BCUT2D eigenvalue weighted by Crippen LogP contribution is 2.36. The highest BCUT2D eigenvalue weighted by Gasteiger charge is 2.27. The first-order valence-electron chi connectivity index (χ1n) is 7.08. The Hall–Kier alpha value is -2.24. The van der Waals surface area contributed by atoms with Gasteiger partial charge in [-0.05, 0) is 36.8 Å². The number of nitrogens with one attached hydrogen (secondary N) is 1. The van der Waals surface area contributed by atoms with E-state index in [-0.39, 0.29) is 18.3 Å². The summed E-state index contributed by atoms with van der Waals surface area (Å²) >= 11 is 0. The summed E-state index contributed by atoms with van der Waals surface area (Å²) in [5.41, 5.74) is 6.02. The Labute approximate surface area is 124 Å². The number of hydrogen-bond donors (Lipinski definition) is 3. The third-order valence-electron chi connectivity index (χ3n) is 3.68. The largest absolute Gasteiger partial charge is 0.483 e. The molecule has 1 atom stereocenters. The van der Waals surface area contributed by atoms with Gasteiger partial charge < -0.3 is 21.0 Å². The topological polar surface area (TPSA) is 96.9 Å². The van der Waals surface area contributed by atoms with Crippen molar-refractivity contribution in [1.29, 1.82) is 0 Å². The fourth-order valence-electron chi connectivity index (χ4n) is 2.16. The summed E-state index contributed by atoms with van der Waals surface area (Å²) in [6, 6.07) is 6.85. The number of nitrogens with two attached hydrogens (primary N) is 1. The normalized spacial score (nSPS) is 16.3. The first-order valence-corrected chi connectivity index (χ1v) is 7.08. The molecule has 0 aromatic heterocycles. The molecule has 1 aromatic carbocycles. The number of nitrogens with zero attached hydrogens (tertiary/aromatic N) is 1. The molecule has 1 aliphatic carbocycles. The van der Waals surface area contributed by atoms with E-state index in [1.807, 2.05) is 0 Å². The number of carbonyl (C=O) groups is 1. The van der Waals surface area contributed by atoms with Gasteiger partial charge in [0.05, 0.1) is 5.56 Å². The maximum atomic E-state index is 11.8. The van der Waals surface area contributed by atoms with Crippen molar-refractivity contribution in [2.24, 2.45) is 22.7 Å². The molecule has 0 radical (unpaired) electrons. The van der Waals surface area contributed by atoms with Gasteiger partial charge in [0.1, 0.15) is 5.75 Å². The van der Waals surface area contributed by atoms with Gasteiger partial charge in [0, 0.05) is 6.54 Å². The SMILES string of the molecule is CC(CNC(=O)COc1ccccc1/C(N)=N/O)C1CC1. The first kappa shape index (κ1) is 15.2. The maximum Gasteiger partial charge on any atom is 0.257 e. The summed E-state index contributed by atoms with van der Waals surface area (Å²) in [5.74, 6) is 1.47. The molecule has 0 heterocycles. The van der Waals surface area contributed by atoms with Crippen molar-refractivity contribution in [3.63, 3.8) is 0 Å². The number of oxime groups is 1. The van der Waals surface area contributed by atoms with Crippen LogP contribution in [0.15, 0.2) is 29.4 Å². The van der Waals surface area contributed by atoms with Crippen LogP contribution in [-0.4, -0.2) is 30.1 Å². The lowest BCUT2D eigenvalue weighted by molar-refractivity contribution is -0.123. The van der Waals surface area contributed by atoms with Crippen LogP contribution < -0.4 is 15.8 Å². The summed E-state index contributed by atoms with van der Waals surface area (Å²) in [5, 5.41) is 14.5. The molecule has 0 bridgehead atoms. The molecule has 0 spiro atoms. The Morgan fingerprint density at radius 2 is 2.24 bits per heavy atom. The van der Waals surface area contributed by atoms with Crippen LogP contribution in [0.3, 0.4) is 0 Å². The average molecular weight is 291 g/mol. The number of benzene rings is 1. The third-order valence-corrected chi connectivity index (χ3v) is 3.68. The van der Waals surface area contributed by atoms with Crippen molar-refractivity contribution in [2.45, 2.75) is 19.8 Å². The van der Waals surface area contributed by atoms with Crippen LogP contribution >= 0.6 is 0 Å². The number of hydrogen-bond acceptors (Lipinski definition) is 4. The van der Waals surface area contributed by atoms with Crippen LogP contribution in [0.5, 0.6) is 5.75 Å². The summed E-state index contributed by atoms with van der Waals surface area (Å²) < 4.78 is 5.45. The quantitative estimate of drug-likeness (QED) is 0.305. The molecule has 114 valence electrons. The number of carbonyl (C=O) groups excluding carboxylic acids is 1. The number of amidine groups is 1. The van der Waals surface area contributed by atoms with Gasteiger partial charge in [-0.15, -0.1) is 0 Å². The van der Waals surface area contributed by atoms with Crippen LogP contribution in [0, 0.1) is 11.8 Å². The Bertz CT molecular complexity index is 527. The monoisotopic (exact) mass is 291 g/mol. The molecule has 1 saturated carbocycles. The minimum atomic E-state index is -0.170. The second-order valence-corrected chi connectivity index (χ2v) is 5.39. The van der Waals surface area contributed by atoms with Gasteiger partial charge in [0.25, 0.3) is 5.91 Å². The van der Waals surface area contributed by atoms with Crippen LogP contribution in [0.25, 0.3) is 0 Å². The lowest BCUT2D eigenvalue weighted by Gasteiger charge is -2.13. The van der Waals surface area contributed by atoms with Gasteiger partial charge in [-0.25, -0.2) is 0 Å². The predicted octanol–water partition coefficient (Wildman–Crippen LogP) is 1.32. The van der Waals surface area contributed by atoms with Gasteiger partial charge in [-0.3, -0.25) is 4.79 Å². The molecule has 1 aromatic rings. The standard InChI is InChI=1S/C15H21N3O3/c1-10(11-6-7-11)8-17-14(19)9-21-13-5-3-2-4-12(13)15(16)18-20/h2-5,10-11,20H,6-9H2,1H3,(H2,16,18)(H,17,19). The zero-order chi connectivity index (χ0) is 15.2. The molecule has 1 amide bonds. The first-order chi connectivity index (χ1) is 10.1. The number of rotatable bonds is 7. The predicted molar refractivity (Wildman–Crippen MR) is 79.3 cm³/mol. The summed E-state index contributed by atoms with van der Waals surface area (Å²) in [6.07, 6.45) is 2.53. The van der Waals surface area contributed by atoms with Crippen molar-refractivity contribution in [1.82, 2.24) is 5.32 Å². The Balaban J connectivity index is 1.83. The maximum absolute atomic E-state index is 11.8. The van der Waals surface area contributed by atoms with E-state index in [9.17, 15) is 4.79 Å². The molecule has 6 nitrogen and oxygen atoms in total. The van der Waals surface area contributed by atoms with E-state index in [1.165, 1.54) is 12.8 Å². The zero-order valence-electron chi connectivity index (χ0n) is 12.1. The fourth-order valence-corrected chi connectivity index (χ4v) is 2.16. The van der Waals surface area contributed by atoms with Crippen molar-refractivity contribution >= 4 is 11.7 Å². The number of amides is 1. The molecule has 0 saturated heterocycles. The van der Waals surface area contributed by atoms with E-state index in [4.69, 9.17) is 15.7 Å². The van der Waals surface area contributed by atoms with Crippen molar-refractivity contribution in [2.75, 3.05) is 13.2 Å². The van der Waals surface area contributed by atoms with Gasteiger partial charge in [0.15, 0.2) is 12.4 Å². The number of para-hydroxylation sites is 1. The summed E-state index contributed by atoms with van der Waals surface area (Å²) in [4.78, 5) is 11.8. The fraction of sp³-hybridized carbons (Fsp3) is 0.467. The minimum Gasteiger partial charge on any atom is -0.483 e. The summed E-state index contributed by atoms with van der Waals surface area (Å²) in [6.45, 7) is 2.73. The van der Waals surface area contributed by atoms with E-state index >= 15 is 0 Å². The van der Waals surface area contributed by atoms with Crippen LogP contribution in [0.2, 0.25) is 0 Å². The molecule has 1 fully saturated rings. The van der Waals surface area contributed by atoms with E-state index in [0.29, 0.717) is 23.8 Å². The van der Waals surface area contributed by atoms with Gasteiger partial charge in [-0.2, -0.15) is 0 Å². The Morgan fingerprint density at radius 3 is 2.90 bits per heavy atom. The van der Waals surface area contributed by atoms with Crippen molar-refractivity contribution in [3.05, 3.63) is 29.8 Å².